The van der Waals surface area contributed by atoms with E-state index in [-0.39, 0.29) is 18.0 Å². The van der Waals surface area contributed by atoms with E-state index in [2.05, 4.69) is 4.98 Å². The number of rotatable bonds is 5. The zero-order valence-electron chi connectivity index (χ0n) is 17.2. The van der Waals surface area contributed by atoms with Crippen molar-refractivity contribution in [2.45, 2.75) is 50.4 Å². The SMILES string of the molecule is N=C(N)NC(=O)OCc1ccnc(N2CCC(C3CCC(S(N)(=O)=O)CC3)CC2)c1F. The Morgan fingerprint density at radius 3 is 2.42 bits per heavy atom. The summed E-state index contributed by atoms with van der Waals surface area (Å²) in [6.07, 6.45) is 5.24. The topological polar surface area (TPSA) is 164 Å². The first kappa shape index (κ1) is 23.2. The van der Waals surface area contributed by atoms with Crippen LogP contribution >= 0.6 is 0 Å². The number of carbonyl (C=O) groups is 1. The van der Waals surface area contributed by atoms with Crippen molar-refractivity contribution < 1.29 is 22.3 Å². The minimum Gasteiger partial charge on any atom is -0.444 e. The number of sulfonamides is 1. The molecule has 0 atom stereocenters. The van der Waals surface area contributed by atoms with E-state index < -0.39 is 33.1 Å². The molecule has 3 rings (SSSR count). The molecule has 2 aliphatic rings. The van der Waals surface area contributed by atoms with E-state index in [1.165, 1.54) is 12.3 Å². The molecule has 2 heterocycles. The van der Waals surface area contributed by atoms with Gasteiger partial charge < -0.3 is 15.4 Å². The van der Waals surface area contributed by atoms with Crippen molar-refractivity contribution in [2.24, 2.45) is 22.7 Å². The van der Waals surface area contributed by atoms with E-state index in [4.69, 9.17) is 21.0 Å². The molecule has 0 unspecified atom stereocenters. The molecule has 31 heavy (non-hydrogen) atoms. The van der Waals surface area contributed by atoms with Crippen LogP contribution < -0.4 is 21.1 Å². The van der Waals surface area contributed by atoms with Crippen LogP contribution in [0.1, 0.15) is 44.1 Å². The number of carbonyl (C=O) groups excluding carboxylic acids is 1. The third-order valence-electron chi connectivity index (χ3n) is 6.24. The number of nitrogens with two attached hydrogens (primary N) is 2. The molecule has 1 aromatic heterocycles. The molecule has 1 amide bonds. The van der Waals surface area contributed by atoms with Crippen LogP contribution in [0.4, 0.5) is 15.0 Å². The molecule has 1 saturated carbocycles. The van der Waals surface area contributed by atoms with Crippen LogP contribution in [0.25, 0.3) is 0 Å². The normalized spacial score (nSPS) is 22.7. The van der Waals surface area contributed by atoms with Gasteiger partial charge in [0.2, 0.25) is 10.0 Å². The van der Waals surface area contributed by atoms with Gasteiger partial charge in [-0.25, -0.2) is 27.7 Å². The number of nitrogens with one attached hydrogen (secondary N) is 2. The minimum absolute atomic E-state index is 0.187. The number of nitrogens with zero attached hydrogens (tertiary/aromatic N) is 2. The molecule has 1 aromatic rings. The summed E-state index contributed by atoms with van der Waals surface area (Å²) in [5, 5.41) is 13.8. The van der Waals surface area contributed by atoms with Gasteiger partial charge in [0.1, 0.15) is 6.61 Å². The third kappa shape index (κ3) is 6.03. The number of piperidine rings is 1. The van der Waals surface area contributed by atoms with Gasteiger partial charge in [-0.3, -0.25) is 10.7 Å². The number of aromatic nitrogens is 1. The van der Waals surface area contributed by atoms with E-state index >= 15 is 0 Å². The Morgan fingerprint density at radius 1 is 1.23 bits per heavy atom. The summed E-state index contributed by atoms with van der Waals surface area (Å²) in [5.74, 6) is 0.0802. The summed E-state index contributed by atoms with van der Waals surface area (Å²) in [7, 11) is -3.46. The standard InChI is InChI=1S/C19H29FN6O4S/c20-16-14(11-30-19(27)25-18(21)22)5-8-24-17(16)26-9-6-13(7-10-26)12-1-3-15(4-2-12)31(23,28)29/h5,8,12-13,15H,1-4,6-7,9-11H2,(H2,23,28,29)(H4,21,22,25,27). The second-order valence-electron chi connectivity index (χ2n) is 8.17. The summed E-state index contributed by atoms with van der Waals surface area (Å²) >= 11 is 0. The van der Waals surface area contributed by atoms with Crippen molar-refractivity contribution >= 4 is 27.9 Å². The van der Waals surface area contributed by atoms with E-state index in [0.29, 0.717) is 37.8 Å². The molecule has 1 aliphatic heterocycles. The van der Waals surface area contributed by atoms with Gasteiger partial charge in [0.05, 0.1) is 5.25 Å². The van der Waals surface area contributed by atoms with Gasteiger partial charge in [-0.05, 0) is 56.4 Å². The van der Waals surface area contributed by atoms with E-state index in [9.17, 15) is 17.6 Å². The third-order valence-corrected chi connectivity index (χ3v) is 7.64. The summed E-state index contributed by atoms with van der Waals surface area (Å²) in [6.45, 7) is 1.00. The number of pyridine rings is 1. The molecule has 1 aliphatic carbocycles. The smallest absolute Gasteiger partial charge is 0.414 e. The fraction of sp³-hybridized carbons (Fsp3) is 0.632. The Morgan fingerprint density at radius 2 is 1.84 bits per heavy atom. The van der Waals surface area contributed by atoms with Crippen LogP contribution in [0, 0.1) is 23.1 Å². The number of amides is 1. The van der Waals surface area contributed by atoms with Crippen LogP contribution in [-0.2, 0) is 21.4 Å². The lowest BCUT2D eigenvalue weighted by atomic mass is 9.75. The highest BCUT2D eigenvalue weighted by atomic mass is 32.2. The lowest BCUT2D eigenvalue weighted by Gasteiger charge is -2.39. The first-order valence-corrected chi connectivity index (χ1v) is 11.9. The first-order valence-electron chi connectivity index (χ1n) is 10.3. The van der Waals surface area contributed by atoms with Gasteiger partial charge in [0.25, 0.3) is 0 Å². The van der Waals surface area contributed by atoms with Crippen molar-refractivity contribution in [3.63, 3.8) is 0 Å². The van der Waals surface area contributed by atoms with Gasteiger partial charge in [-0.15, -0.1) is 0 Å². The number of guanidine groups is 1. The van der Waals surface area contributed by atoms with Gasteiger partial charge in [-0.1, -0.05) is 0 Å². The zero-order valence-corrected chi connectivity index (χ0v) is 18.0. The molecule has 0 spiro atoms. The Balaban J connectivity index is 1.54. The quantitative estimate of drug-likeness (QED) is 0.384. The molecular formula is C19H29FN6O4S. The van der Waals surface area contributed by atoms with Crippen molar-refractivity contribution in [1.29, 1.82) is 5.41 Å². The van der Waals surface area contributed by atoms with E-state index in [0.717, 1.165) is 25.7 Å². The van der Waals surface area contributed by atoms with Crippen LogP contribution in [-0.4, -0.2) is 43.8 Å². The predicted octanol–water partition coefficient (Wildman–Crippen LogP) is 1.40. The average Bonchev–Trinajstić information content (AvgIpc) is 2.72. The highest BCUT2D eigenvalue weighted by Crippen LogP contribution is 2.38. The summed E-state index contributed by atoms with van der Waals surface area (Å²) in [5.41, 5.74) is 5.24. The largest absolute Gasteiger partial charge is 0.444 e. The summed E-state index contributed by atoms with van der Waals surface area (Å²) in [4.78, 5) is 17.5. The monoisotopic (exact) mass is 456 g/mol. The fourth-order valence-corrected chi connectivity index (χ4v) is 5.49. The average molecular weight is 457 g/mol. The van der Waals surface area contributed by atoms with Crippen molar-refractivity contribution in [1.82, 2.24) is 10.3 Å². The number of halogens is 1. The van der Waals surface area contributed by atoms with Crippen LogP contribution in [0.5, 0.6) is 0 Å². The fourth-order valence-electron chi connectivity index (χ4n) is 4.56. The number of hydrogen-bond acceptors (Lipinski definition) is 7. The van der Waals surface area contributed by atoms with Gasteiger partial charge in [0, 0.05) is 24.8 Å². The Bertz CT molecular complexity index is 912. The lowest BCUT2D eigenvalue weighted by Crippen LogP contribution is -2.39. The Kier molecular flexibility index (Phi) is 7.31. The molecule has 172 valence electrons. The second-order valence-corrected chi connectivity index (χ2v) is 10.0. The number of primary sulfonamides is 1. The molecule has 0 bridgehead atoms. The highest BCUT2D eigenvalue weighted by molar-refractivity contribution is 7.89. The highest BCUT2D eigenvalue weighted by Gasteiger charge is 2.34. The molecule has 2 fully saturated rings. The maximum atomic E-state index is 14.9. The molecule has 6 N–H and O–H groups in total. The predicted molar refractivity (Wildman–Crippen MR) is 113 cm³/mol. The number of hydrogen-bond donors (Lipinski definition) is 4. The van der Waals surface area contributed by atoms with Gasteiger partial charge >= 0.3 is 6.09 Å². The van der Waals surface area contributed by atoms with Crippen molar-refractivity contribution in [2.75, 3.05) is 18.0 Å². The van der Waals surface area contributed by atoms with Crippen LogP contribution in [0.3, 0.4) is 0 Å². The number of alkyl carbamates (subject to hydrolysis) is 1. The maximum absolute atomic E-state index is 14.9. The molecule has 10 nitrogen and oxygen atoms in total. The van der Waals surface area contributed by atoms with Gasteiger partial charge in [-0.2, -0.15) is 0 Å². The first-order chi connectivity index (χ1) is 14.6. The van der Waals surface area contributed by atoms with Gasteiger partial charge in [0.15, 0.2) is 17.6 Å². The molecule has 0 radical (unpaired) electrons. The van der Waals surface area contributed by atoms with E-state index in [1.807, 2.05) is 10.2 Å². The molecule has 0 aromatic carbocycles. The second kappa shape index (κ2) is 9.77. The number of ether oxygens (including phenoxy) is 1. The van der Waals surface area contributed by atoms with Crippen LogP contribution in [0.2, 0.25) is 0 Å². The maximum Gasteiger partial charge on any atom is 0.414 e. The number of anilines is 1. The summed E-state index contributed by atoms with van der Waals surface area (Å²) < 4.78 is 42.9. The van der Waals surface area contributed by atoms with E-state index in [1.54, 1.807) is 0 Å². The lowest BCUT2D eigenvalue weighted by molar-refractivity contribution is 0.143. The minimum atomic E-state index is -3.46. The molecule has 1 saturated heterocycles. The van der Waals surface area contributed by atoms with Crippen molar-refractivity contribution in [3.8, 4) is 0 Å². The van der Waals surface area contributed by atoms with Crippen molar-refractivity contribution in [3.05, 3.63) is 23.6 Å². The Hall–Kier alpha value is -2.47. The van der Waals surface area contributed by atoms with Crippen LogP contribution in [0.15, 0.2) is 12.3 Å². The summed E-state index contributed by atoms with van der Waals surface area (Å²) in [6, 6.07) is 1.44. The zero-order chi connectivity index (χ0) is 22.6. The molecular weight excluding hydrogens is 427 g/mol. The molecule has 12 heteroatoms. The Labute approximate surface area is 181 Å².